The summed E-state index contributed by atoms with van der Waals surface area (Å²) in [5.74, 6) is -0.272. The van der Waals surface area contributed by atoms with Crippen LogP contribution in [0, 0.1) is 0 Å². The summed E-state index contributed by atoms with van der Waals surface area (Å²) < 4.78 is 4.61. The molecular weight excluding hydrogens is 246 g/mol. The van der Waals surface area contributed by atoms with Crippen LogP contribution in [0.3, 0.4) is 0 Å². The van der Waals surface area contributed by atoms with Crippen molar-refractivity contribution in [1.82, 2.24) is 25.6 Å². The number of amides is 1. The highest BCUT2D eigenvalue weighted by Crippen LogP contribution is 2.11. The molecule has 0 aliphatic carbocycles. The van der Waals surface area contributed by atoms with Gasteiger partial charge in [-0.2, -0.15) is 0 Å². The zero-order chi connectivity index (χ0) is 13.1. The summed E-state index contributed by atoms with van der Waals surface area (Å²) >= 11 is 0. The third kappa shape index (κ3) is 2.39. The van der Waals surface area contributed by atoms with Crippen molar-refractivity contribution < 1.29 is 9.42 Å². The summed E-state index contributed by atoms with van der Waals surface area (Å²) in [4.78, 5) is 19.5. The minimum atomic E-state index is -0.272. The molecule has 0 fully saturated rings. The molecule has 0 aliphatic heterocycles. The molecular formula is C12H9N5O2. The van der Waals surface area contributed by atoms with Gasteiger partial charge in [0.1, 0.15) is 16.7 Å². The number of nitrogens with one attached hydrogen (secondary N) is 1. The van der Waals surface area contributed by atoms with Crippen LogP contribution in [0.2, 0.25) is 0 Å². The van der Waals surface area contributed by atoms with Crippen LogP contribution in [-0.4, -0.2) is 26.2 Å². The molecule has 0 saturated heterocycles. The van der Waals surface area contributed by atoms with Crippen molar-refractivity contribution in [3.8, 4) is 0 Å². The molecule has 2 aromatic heterocycles. The molecule has 2 heterocycles. The third-order valence-corrected chi connectivity index (χ3v) is 2.57. The highest BCUT2D eigenvalue weighted by Gasteiger charge is 2.07. The van der Waals surface area contributed by atoms with Gasteiger partial charge in [0.2, 0.25) is 0 Å². The second kappa shape index (κ2) is 4.81. The van der Waals surface area contributed by atoms with Crippen molar-refractivity contribution in [2.45, 2.75) is 6.54 Å². The van der Waals surface area contributed by atoms with E-state index in [0.717, 1.165) is 5.56 Å². The standard InChI is InChI=1S/C12H9N5O2/c18-12(11-7-13-3-4-14-11)15-6-8-1-2-9-10(5-8)17-19-16-9/h1-5,7H,6H2,(H,15,18). The Labute approximate surface area is 107 Å². The first-order valence-corrected chi connectivity index (χ1v) is 5.58. The van der Waals surface area contributed by atoms with E-state index in [9.17, 15) is 4.79 Å². The SMILES string of the molecule is O=C(NCc1ccc2nonc2c1)c1cnccn1. The minimum Gasteiger partial charge on any atom is -0.347 e. The van der Waals surface area contributed by atoms with Gasteiger partial charge < -0.3 is 5.32 Å². The zero-order valence-corrected chi connectivity index (χ0v) is 9.78. The number of rotatable bonds is 3. The first-order valence-electron chi connectivity index (χ1n) is 5.58. The van der Waals surface area contributed by atoms with Gasteiger partial charge in [-0.25, -0.2) is 9.61 Å². The second-order valence-corrected chi connectivity index (χ2v) is 3.86. The van der Waals surface area contributed by atoms with Gasteiger partial charge in [-0.05, 0) is 28.0 Å². The first-order chi connectivity index (χ1) is 9.33. The van der Waals surface area contributed by atoms with Crippen LogP contribution in [0.4, 0.5) is 0 Å². The number of carbonyl (C=O) groups is 1. The minimum absolute atomic E-state index is 0.272. The molecule has 1 aromatic carbocycles. The fourth-order valence-electron chi connectivity index (χ4n) is 1.63. The Kier molecular flexibility index (Phi) is 2.85. The second-order valence-electron chi connectivity index (χ2n) is 3.86. The highest BCUT2D eigenvalue weighted by atomic mass is 16.6. The number of carbonyl (C=O) groups excluding carboxylic acids is 1. The Bertz CT molecular complexity index is 710. The average Bonchev–Trinajstić information content (AvgIpc) is 2.93. The van der Waals surface area contributed by atoms with Crippen molar-refractivity contribution in [2.75, 3.05) is 0 Å². The highest BCUT2D eigenvalue weighted by molar-refractivity contribution is 5.91. The molecule has 3 aromatic rings. The Morgan fingerprint density at radius 1 is 1.21 bits per heavy atom. The summed E-state index contributed by atoms with van der Waals surface area (Å²) in [5, 5.41) is 10.2. The molecule has 0 bridgehead atoms. The molecule has 19 heavy (non-hydrogen) atoms. The van der Waals surface area contributed by atoms with Crippen LogP contribution in [0.25, 0.3) is 11.0 Å². The van der Waals surface area contributed by atoms with Crippen LogP contribution in [-0.2, 0) is 6.54 Å². The number of hydrogen-bond donors (Lipinski definition) is 1. The van der Waals surface area contributed by atoms with Crippen LogP contribution >= 0.6 is 0 Å². The average molecular weight is 255 g/mol. The third-order valence-electron chi connectivity index (χ3n) is 2.57. The van der Waals surface area contributed by atoms with Gasteiger partial charge in [0, 0.05) is 18.9 Å². The summed E-state index contributed by atoms with van der Waals surface area (Å²) in [7, 11) is 0. The maximum atomic E-state index is 11.8. The van der Waals surface area contributed by atoms with Crippen LogP contribution in [0.5, 0.6) is 0 Å². The van der Waals surface area contributed by atoms with Crippen molar-refractivity contribution in [3.05, 3.63) is 48.0 Å². The molecule has 1 N–H and O–H groups in total. The molecule has 1 amide bonds. The first kappa shape index (κ1) is 11.3. The number of aromatic nitrogens is 4. The lowest BCUT2D eigenvalue weighted by Crippen LogP contribution is -2.23. The Hall–Kier alpha value is -2.83. The quantitative estimate of drug-likeness (QED) is 0.748. The summed E-state index contributed by atoms with van der Waals surface area (Å²) in [6, 6.07) is 5.45. The number of benzene rings is 1. The molecule has 0 spiro atoms. The molecule has 0 unspecified atom stereocenters. The molecule has 0 aliphatic rings. The largest absolute Gasteiger partial charge is 0.347 e. The molecule has 0 atom stereocenters. The van der Waals surface area contributed by atoms with Crippen molar-refractivity contribution in [3.63, 3.8) is 0 Å². The lowest BCUT2D eigenvalue weighted by molar-refractivity contribution is 0.0945. The fraction of sp³-hybridized carbons (Fsp3) is 0.0833. The van der Waals surface area contributed by atoms with Gasteiger partial charge in [-0.15, -0.1) is 0 Å². The summed E-state index contributed by atoms with van der Waals surface area (Å²) in [5.41, 5.74) is 2.53. The number of fused-ring (bicyclic) bond motifs is 1. The van der Waals surface area contributed by atoms with Gasteiger partial charge in [0.15, 0.2) is 0 Å². The molecule has 0 saturated carbocycles. The lowest BCUT2D eigenvalue weighted by Gasteiger charge is -2.03. The Morgan fingerprint density at radius 3 is 2.95 bits per heavy atom. The van der Waals surface area contributed by atoms with Crippen LogP contribution in [0.15, 0.2) is 41.4 Å². The molecule has 7 heteroatoms. The summed E-state index contributed by atoms with van der Waals surface area (Å²) in [6.07, 6.45) is 4.41. The van der Waals surface area contributed by atoms with Gasteiger partial charge in [-0.3, -0.25) is 9.78 Å². The molecule has 0 radical (unpaired) electrons. The van der Waals surface area contributed by atoms with E-state index in [1.165, 1.54) is 18.6 Å². The Balaban J connectivity index is 1.70. The molecule has 7 nitrogen and oxygen atoms in total. The maximum Gasteiger partial charge on any atom is 0.271 e. The number of hydrogen-bond acceptors (Lipinski definition) is 6. The predicted octanol–water partition coefficient (Wildman–Crippen LogP) is 0.943. The van der Waals surface area contributed by atoms with E-state index in [2.05, 4.69) is 30.2 Å². The van der Waals surface area contributed by atoms with Gasteiger partial charge >= 0.3 is 0 Å². The Morgan fingerprint density at radius 2 is 2.11 bits per heavy atom. The van der Waals surface area contributed by atoms with Gasteiger partial charge in [0.05, 0.1) is 6.20 Å². The van der Waals surface area contributed by atoms with Crippen molar-refractivity contribution >= 4 is 16.9 Å². The zero-order valence-electron chi connectivity index (χ0n) is 9.78. The normalized spacial score (nSPS) is 10.5. The monoisotopic (exact) mass is 255 g/mol. The van der Waals surface area contributed by atoms with E-state index >= 15 is 0 Å². The maximum absolute atomic E-state index is 11.8. The molecule has 3 rings (SSSR count). The van der Waals surface area contributed by atoms with E-state index in [0.29, 0.717) is 17.6 Å². The fourth-order valence-corrected chi connectivity index (χ4v) is 1.63. The van der Waals surface area contributed by atoms with E-state index in [-0.39, 0.29) is 11.6 Å². The summed E-state index contributed by atoms with van der Waals surface area (Å²) in [6.45, 7) is 0.373. The van der Waals surface area contributed by atoms with E-state index in [1.54, 1.807) is 6.07 Å². The smallest absolute Gasteiger partial charge is 0.271 e. The van der Waals surface area contributed by atoms with Crippen molar-refractivity contribution in [1.29, 1.82) is 0 Å². The van der Waals surface area contributed by atoms with Gasteiger partial charge in [-0.1, -0.05) is 6.07 Å². The van der Waals surface area contributed by atoms with E-state index in [4.69, 9.17) is 0 Å². The topological polar surface area (TPSA) is 93.8 Å². The van der Waals surface area contributed by atoms with Crippen molar-refractivity contribution in [2.24, 2.45) is 0 Å². The van der Waals surface area contributed by atoms with E-state index < -0.39 is 0 Å². The van der Waals surface area contributed by atoms with Crippen LogP contribution in [0.1, 0.15) is 16.1 Å². The number of nitrogens with zero attached hydrogens (tertiary/aromatic N) is 4. The van der Waals surface area contributed by atoms with Crippen LogP contribution < -0.4 is 5.32 Å². The molecule has 94 valence electrons. The van der Waals surface area contributed by atoms with E-state index in [1.807, 2.05) is 12.1 Å². The lowest BCUT2D eigenvalue weighted by atomic mass is 10.2. The van der Waals surface area contributed by atoms with Gasteiger partial charge in [0.25, 0.3) is 5.91 Å². The predicted molar refractivity (Wildman–Crippen MR) is 65.0 cm³/mol.